The number of rotatable bonds is 3. The van der Waals surface area contributed by atoms with Crippen LogP contribution in [0.25, 0.3) is 27.6 Å². The summed E-state index contributed by atoms with van der Waals surface area (Å²) < 4.78 is 36.1. The molecule has 0 saturated heterocycles. The van der Waals surface area contributed by atoms with Crippen molar-refractivity contribution in [3.63, 3.8) is 0 Å². The Balaban J connectivity index is 1.22. The van der Waals surface area contributed by atoms with E-state index in [2.05, 4.69) is 116 Å². The van der Waals surface area contributed by atoms with Gasteiger partial charge in [-0.15, -0.1) is 0 Å². The van der Waals surface area contributed by atoms with Crippen LogP contribution in [0.4, 0.5) is 0 Å². The van der Waals surface area contributed by atoms with Crippen LogP contribution in [-0.2, 0) is 32.9 Å². The molecule has 5 heterocycles. The van der Waals surface area contributed by atoms with E-state index in [-0.39, 0.29) is 16.2 Å². The first kappa shape index (κ1) is 36.1. The highest BCUT2D eigenvalue weighted by molar-refractivity contribution is 6.12. The minimum atomic E-state index is -1.88. The fraction of sp³-hybridized carbons (Fsp3) is 0.442. The lowest BCUT2D eigenvalue weighted by Crippen LogP contribution is -2.54. The number of aryl methyl sites for hydroxylation is 4. The quantitative estimate of drug-likeness (QED) is 0.180. The Morgan fingerprint density at radius 1 is 0.776 bits per heavy atom. The maximum Gasteiger partial charge on any atom is 0.217 e. The third-order valence-electron chi connectivity index (χ3n) is 13.5. The molecule has 0 unspecified atom stereocenters. The van der Waals surface area contributed by atoms with Crippen LogP contribution in [-0.4, -0.2) is 26.0 Å². The van der Waals surface area contributed by atoms with Crippen LogP contribution in [0.5, 0.6) is 11.5 Å². The van der Waals surface area contributed by atoms with Gasteiger partial charge in [0.2, 0.25) is 5.90 Å². The van der Waals surface area contributed by atoms with Gasteiger partial charge in [-0.05, 0) is 126 Å². The smallest absolute Gasteiger partial charge is 0.217 e. The number of aromatic nitrogens is 3. The molecule has 0 fully saturated rings. The average molecular weight is 775 g/mol. The van der Waals surface area contributed by atoms with Crippen LogP contribution >= 0.6 is 0 Å². The zero-order chi connectivity index (χ0) is 43.7. The van der Waals surface area contributed by atoms with E-state index in [9.17, 15) is 2.74 Å². The van der Waals surface area contributed by atoms with Crippen LogP contribution in [0, 0.1) is 33.1 Å². The zero-order valence-corrected chi connectivity index (χ0v) is 37.4. The summed E-state index contributed by atoms with van der Waals surface area (Å²) in [7, 11) is 0. The minimum Gasteiger partial charge on any atom is -0.467 e. The van der Waals surface area contributed by atoms with Gasteiger partial charge in [0.25, 0.3) is 0 Å². The molecule has 3 aromatic heterocycles. The number of benzene rings is 3. The highest BCUT2D eigenvalue weighted by Gasteiger charge is 2.67. The van der Waals surface area contributed by atoms with Crippen molar-refractivity contribution in [1.29, 1.82) is 0 Å². The van der Waals surface area contributed by atoms with Crippen molar-refractivity contribution >= 4 is 27.8 Å². The molecule has 58 heavy (non-hydrogen) atoms. The number of hydrogen-bond acceptors (Lipinski definition) is 5. The molecule has 0 amide bonds. The Kier molecular flexibility index (Phi) is 7.37. The van der Waals surface area contributed by atoms with Crippen molar-refractivity contribution < 1.29 is 12.2 Å². The molecule has 6 nitrogen and oxygen atoms in total. The summed E-state index contributed by atoms with van der Waals surface area (Å²) in [6, 6.07) is 19.6. The molecule has 3 aromatic carbocycles. The summed E-state index contributed by atoms with van der Waals surface area (Å²) in [5.41, 5.74) is 10.5. The van der Waals surface area contributed by atoms with Gasteiger partial charge in [-0.3, -0.25) is 9.55 Å². The second kappa shape index (κ2) is 11.8. The zero-order valence-electron chi connectivity index (χ0n) is 39.4. The molecule has 0 bridgehead atoms. The first-order valence-electron chi connectivity index (χ1n) is 21.9. The Labute approximate surface area is 347 Å². The van der Waals surface area contributed by atoms with Gasteiger partial charge in [-0.1, -0.05) is 88.3 Å². The minimum absolute atomic E-state index is 0.0241. The van der Waals surface area contributed by atoms with Crippen molar-refractivity contribution in [3.05, 3.63) is 122 Å². The molecule has 2 aliphatic heterocycles. The van der Waals surface area contributed by atoms with Crippen LogP contribution < -0.4 is 4.74 Å². The predicted molar refractivity (Wildman–Crippen MR) is 239 cm³/mol. The summed E-state index contributed by atoms with van der Waals surface area (Å²) >= 11 is 0. The fourth-order valence-electron chi connectivity index (χ4n) is 9.79. The van der Waals surface area contributed by atoms with E-state index in [1.54, 1.807) is 0 Å². The van der Waals surface area contributed by atoms with Crippen LogP contribution in [0.15, 0.2) is 65.8 Å². The Bertz CT molecular complexity index is 2900. The van der Waals surface area contributed by atoms with E-state index < -0.39 is 22.9 Å². The van der Waals surface area contributed by atoms with Crippen molar-refractivity contribution in [3.8, 4) is 17.2 Å². The third-order valence-corrected chi connectivity index (χ3v) is 13.5. The van der Waals surface area contributed by atoms with Gasteiger partial charge in [-0.25, -0.2) is 9.98 Å². The number of nitrogens with zero attached hydrogens (tertiary/aromatic N) is 4. The molecule has 0 N–H and O–H groups in total. The molecule has 300 valence electrons. The van der Waals surface area contributed by atoms with E-state index in [4.69, 9.17) is 24.4 Å². The molecular weight excluding hydrogens is 713 g/mol. The molecule has 2 atom stereocenters. The molecule has 0 spiro atoms. The fourth-order valence-corrected chi connectivity index (χ4v) is 9.79. The van der Waals surface area contributed by atoms with Gasteiger partial charge in [0.1, 0.15) is 22.7 Å². The van der Waals surface area contributed by atoms with E-state index in [1.165, 1.54) is 38.5 Å². The normalized spacial score (nSPS) is 22.2. The third kappa shape index (κ3) is 5.25. The lowest BCUT2D eigenvalue weighted by molar-refractivity contribution is -0.0681. The van der Waals surface area contributed by atoms with Crippen molar-refractivity contribution in [2.45, 2.75) is 145 Å². The van der Waals surface area contributed by atoms with E-state index >= 15 is 0 Å². The van der Waals surface area contributed by atoms with Gasteiger partial charge in [0, 0.05) is 54.2 Å². The molecule has 0 saturated carbocycles. The molecule has 6 heteroatoms. The Morgan fingerprint density at radius 2 is 1.47 bits per heavy atom. The van der Waals surface area contributed by atoms with Crippen molar-refractivity contribution in [1.82, 2.24) is 14.5 Å². The van der Waals surface area contributed by atoms with E-state index in [0.717, 1.165) is 45.0 Å². The molecule has 1 aliphatic carbocycles. The van der Waals surface area contributed by atoms with E-state index in [0.29, 0.717) is 22.9 Å². The van der Waals surface area contributed by atoms with Gasteiger partial charge in [0.15, 0.2) is 5.60 Å². The van der Waals surface area contributed by atoms with Crippen molar-refractivity contribution in [2.75, 3.05) is 0 Å². The van der Waals surface area contributed by atoms with Gasteiger partial charge < -0.3 is 9.47 Å². The number of fused-ring (bicyclic) bond motifs is 8. The lowest BCUT2D eigenvalue weighted by atomic mass is 9.67. The molecule has 3 aliphatic rings. The maximum atomic E-state index is 9.78. The lowest BCUT2D eigenvalue weighted by Gasteiger charge is -2.45. The van der Waals surface area contributed by atoms with Crippen LogP contribution in [0.1, 0.15) is 147 Å². The molecule has 0 radical (unpaired) electrons. The summed E-state index contributed by atoms with van der Waals surface area (Å²) in [6.07, 6.45) is 0.0406. The molecule has 6 aromatic rings. The number of pyridine rings is 2. The molecular formula is C52H60N4O2. The predicted octanol–water partition coefficient (Wildman–Crippen LogP) is 12.9. The maximum absolute atomic E-state index is 9.78. The summed E-state index contributed by atoms with van der Waals surface area (Å²) in [5, 5.41) is 2.42. The second-order valence-electron chi connectivity index (χ2n) is 21.1. The van der Waals surface area contributed by atoms with Crippen molar-refractivity contribution in [2.24, 2.45) is 10.4 Å². The summed E-state index contributed by atoms with van der Waals surface area (Å²) in [4.78, 5) is 15.5. The summed E-state index contributed by atoms with van der Waals surface area (Å²) in [5.74, 6) is 1.81. The monoisotopic (exact) mass is 774 g/mol. The Hall–Kier alpha value is -4.97. The van der Waals surface area contributed by atoms with Gasteiger partial charge >= 0.3 is 0 Å². The van der Waals surface area contributed by atoms with Gasteiger partial charge in [0.05, 0.1) is 16.9 Å². The number of aliphatic imine (C=N–C) groups is 1. The highest BCUT2D eigenvalue weighted by atomic mass is 16.5. The first-order chi connectivity index (χ1) is 27.6. The largest absolute Gasteiger partial charge is 0.467 e. The number of hydrogen-bond donors (Lipinski definition) is 0. The SMILES string of the molecule is [2H]C1([2H])c2cc(C)c(C)nc2[C@@]2(C)N=C(c3cc(Oc4cc5c(cc4C)C(C)(C)c4cc(C(C)(C)C)cc6c7c(C)ccnc7n-5c46)cc(C(C)(C)C)c3)O[C@@]12C(C)(C)C. The average Bonchev–Trinajstić information content (AvgIpc) is 3.70. The van der Waals surface area contributed by atoms with Crippen LogP contribution in [0.3, 0.4) is 0 Å². The van der Waals surface area contributed by atoms with E-state index in [1.807, 2.05) is 59.9 Å². The van der Waals surface area contributed by atoms with Gasteiger partial charge in [-0.2, -0.15) is 0 Å². The summed E-state index contributed by atoms with van der Waals surface area (Å²) in [6.45, 7) is 34.6. The second-order valence-corrected chi connectivity index (χ2v) is 21.1. The first-order valence-corrected chi connectivity index (χ1v) is 20.9. The van der Waals surface area contributed by atoms with Crippen LogP contribution in [0.2, 0.25) is 0 Å². The number of ether oxygens (including phenoxy) is 2. The Morgan fingerprint density at radius 3 is 2.14 bits per heavy atom. The molecule has 9 rings (SSSR count). The standard InChI is InChI=1S/C52H60N4O2/c1-28-17-18-53-45-42(28)37-24-35(48(8,9)10)25-39-43(37)56(45)40-26-41(30(3)20-38(40)50(39,14)15)57-36-22-32(21-34(23-36)47(5,6)7)46-55-51(16)44-33(19-29(2)31(4)54-44)27-52(51,58-46)49(11,12)13/h17-26H,27H2,1-16H3/t51-,52-/m1/s1/i27D2. The topological polar surface area (TPSA) is 61.5 Å². The highest BCUT2D eigenvalue weighted by Crippen LogP contribution is 2.60.